The molecule has 3 heterocycles. The Morgan fingerprint density at radius 3 is 2.06 bits per heavy atom. The molecule has 0 saturated carbocycles. The molecular weight excluding hydrogens is 869 g/mol. The van der Waals surface area contributed by atoms with Crippen LogP contribution in [0.25, 0.3) is 66.7 Å². The predicted octanol–water partition coefficient (Wildman–Crippen LogP) is 12.0. The molecule has 0 N–H and O–H groups in total. The fraction of sp³-hybridized carbons (Fsp3) is 0.167. The molecule has 0 aliphatic heterocycles. The molecule has 8 aromatic rings. The van der Waals surface area contributed by atoms with Gasteiger partial charge in [0.2, 0.25) is 0 Å². The first kappa shape index (κ1) is 30.6. The summed E-state index contributed by atoms with van der Waals surface area (Å²) in [6.07, 6.45) is 3.28. The van der Waals surface area contributed by atoms with E-state index in [-0.39, 0.29) is 48.4 Å². The van der Waals surface area contributed by atoms with Gasteiger partial charge in [0, 0.05) is 46.1 Å². The van der Waals surface area contributed by atoms with E-state index in [0.717, 1.165) is 38.3 Å². The summed E-state index contributed by atoms with van der Waals surface area (Å²) in [4.78, 5) is 9.04. The van der Waals surface area contributed by atoms with E-state index in [9.17, 15) is 0 Å². The van der Waals surface area contributed by atoms with Crippen molar-refractivity contribution in [2.75, 3.05) is 0 Å². The number of aryl methyl sites for hydroxylation is 2. The molecule has 0 fully saturated rings. The van der Waals surface area contributed by atoms with Gasteiger partial charge in [0.25, 0.3) is 0 Å². The van der Waals surface area contributed by atoms with Crippen molar-refractivity contribution < 1.29 is 34.1 Å². The van der Waals surface area contributed by atoms with Gasteiger partial charge in [0.05, 0.1) is 23.1 Å². The van der Waals surface area contributed by atoms with Crippen LogP contribution in [0, 0.1) is 25.8 Å². The Bertz CT molecular complexity index is 2810. The van der Waals surface area contributed by atoms with Gasteiger partial charge in [-0.1, -0.05) is 134 Å². The summed E-state index contributed by atoms with van der Waals surface area (Å²) in [6, 6.07) is 43.2. The third-order valence-electron chi connectivity index (χ3n) is 9.39. The number of fused-ring (bicyclic) bond motifs is 3. The van der Waals surface area contributed by atoms with E-state index >= 15 is 0 Å². The molecule has 0 aliphatic carbocycles. The van der Waals surface area contributed by atoms with Crippen molar-refractivity contribution in [2.24, 2.45) is 0 Å². The van der Waals surface area contributed by atoms with E-state index in [2.05, 4.69) is 73.5 Å². The van der Waals surface area contributed by atoms with Crippen molar-refractivity contribution in [1.29, 1.82) is 0 Å². The van der Waals surface area contributed by atoms with Gasteiger partial charge < -0.3 is 14.4 Å². The Morgan fingerprint density at radius 1 is 0.611 bits per heavy atom. The van der Waals surface area contributed by atoms with Gasteiger partial charge in [-0.2, -0.15) is 0 Å². The van der Waals surface area contributed by atoms with Crippen LogP contribution in [-0.2, 0) is 20.1 Å². The van der Waals surface area contributed by atoms with Crippen molar-refractivity contribution in [3.05, 3.63) is 157 Å². The molecule has 3 nitrogen and oxygen atoms in total. The molecule has 0 unspecified atom stereocenters. The molecule has 54 heavy (non-hydrogen) atoms. The van der Waals surface area contributed by atoms with Gasteiger partial charge >= 0.3 is 0 Å². The number of aromatic nitrogens is 2. The summed E-state index contributed by atoms with van der Waals surface area (Å²) < 4.78 is 65.1. The number of hydrogen-bond acceptors (Lipinski definition) is 3. The van der Waals surface area contributed by atoms with E-state index in [1.807, 2.05) is 85.1 Å². The first-order valence-electron chi connectivity index (χ1n) is 21.2. The molecule has 0 spiro atoms. The number of pyridine rings is 2. The van der Waals surface area contributed by atoms with Crippen molar-refractivity contribution in [1.82, 2.24) is 9.97 Å². The minimum atomic E-state index is -2.60. The van der Waals surface area contributed by atoms with Gasteiger partial charge in [-0.15, -0.1) is 54.1 Å². The molecule has 3 aromatic heterocycles. The molecular formula is C48H46IrN2OSi2-2. The maximum Gasteiger partial charge on any atom is 0.121 e. The number of rotatable bonds is 6. The minimum Gasteiger partial charge on any atom is -0.501 e. The Kier molecular flexibility index (Phi) is 9.03. The summed E-state index contributed by atoms with van der Waals surface area (Å²) in [5.74, 6) is 0. The fourth-order valence-corrected chi connectivity index (χ4v) is 8.36. The predicted molar refractivity (Wildman–Crippen MR) is 231 cm³/mol. The summed E-state index contributed by atoms with van der Waals surface area (Å²) in [5.41, 5.74) is 6.28. The zero-order chi connectivity index (χ0) is 43.2. The molecule has 0 amide bonds. The van der Waals surface area contributed by atoms with Crippen LogP contribution in [0.5, 0.6) is 0 Å². The van der Waals surface area contributed by atoms with Gasteiger partial charge in [-0.3, -0.25) is 0 Å². The van der Waals surface area contributed by atoms with Gasteiger partial charge in [-0.25, -0.2) is 0 Å². The van der Waals surface area contributed by atoms with Crippen molar-refractivity contribution in [2.45, 2.75) is 53.0 Å². The Balaban J connectivity index is 0.000000307. The van der Waals surface area contributed by atoms with E-state index in [0.29, 0.717) is 22.4 Å². The third-order valence-corrected chi connectivity index (χ3v) is 13.4. The smallest absolute Gasteiger partial charge is 0.121 e. The molecule has 0 aliphatic rings. The number of furan rings is 1. The average Bonchev–Trinajstić information content (AvgIpc) is 3.58. The molecule has 6 heteroatoms. The molecule has 0 bridgehead atoms. The Labute approximate surface area is 345 Å². The molecule has 273 valence electrons. The summed E-state index contributed by atoms with van der Waals surface area (Å²) in [5, 5.41) is 3.97. The van der Waals surface area contributed by atoms with Crippen LogP contribution in [0.15, 0.2) is 138 Å². The third kappa shape index (κ3) is 8.33. The second kappa shape index (κ2) is 15.9. The zero-order valence-corrected chi connectivity index (χ0v) is 35.7. The Morgan fingerprint density at radius 2 is 1.37 bits per heavy atom. The van der Waals surface area contributed by atoms with Crippen LogP contribution in [0.2, 0.25) is 39.3 Å². The molecule has 5 aromatic carbocycles. The van der Waals surface area contributed by atoms with Gasteiger partial charge in [0.15, 0.2) is 0 Å². The normalized spacial score (nSPS) is 13.9. The first-order chi connectivity index (χ1) is 28.2. The Hall–Kier alpha value is -4.72. The maximum absolute atomic E-state index is 8.96. The van der Waals surface area contributed by atoms with Crippen LogP contribution in [0.1, 0.15) is 20.7 Å². The summed E-state index contributed by atoms with van der Waals surface area (Å²) >= 11 is 0. The van der Waals surface area contributed by atoms with Crippen LogP contribution < -0.4 is 10.4 Å². The quantitative estimate of drug-likeness (QED) is 0.123. The monoisotopic (exact) mass is 922 g/mol. The minimum absolute atomic E-state index is 0. The molecule has 8 rings (SSSR count). The number of nitrogens with zero attached hydrogens (tertiary/aromatic N) is 2. The second-order valence-corrected chi connectivity index (χ2v) is 25.4. The average molecular weight is 922 g/mol. The van der Waals surface area contributed by atoms with E-state index in [4.69, 9.17) is 14.0 Å². The van der Waals surface area contributed by atoms with Gasteiger partial charge in [0.1, 0.15) is 5.58 Å². The molecule has 0 atom stereocenters. The second-order valence-electron chi connectivity index (χ2n) is 15.3. The number of hydrogen-bond donors (Lipinski definition) is 0. The van der Waals surface area contributed by atoms with E-state index in [1.54, 1.807) is 24.3 Å². The zero-order valence-electron chi connectivity index (χ0n) is 38.3. The largest absolute Gasteiger partial charge is 0.501 e. The molecule has 1 radical (unpaired) electrons. The summed E-state index contributed by atoms with van der Waals surface area (Å²) in [6.45, 7) is 8.06. The summed E-state index contributed by atoms with van der Waals surface area (Å²) in [7, 11) is -3.23. The van der Waals surface area contributed by atoms with Crippen molar-refractivity contribution in [3.8, 4) is 44.8 Å². The maximum atomic E-state index is 8.96. The van der Waals surface area contributed by atoms with Crippen molar-refractivity contribution >= 4 is 48.5 Å². The standard InChI is InChI=1S/C34H30NOSi.C14H16NSi.Ir/c1-22-18-26(37(3,4)5)15-17-27(22)31-20-32(35-21-23(31)2)30-13-9-12-29-28-16-14-25(19-33(28)36-34(29)30)24-10-7-6-8-11-24;1-16(2,3)13-9-10-14(15-11-13)12-7-5-4-6-8-12;/h6-12,14-21H,1-5H3;4-7,9-11H,1-3H3;/q2*-1;/i1D3,2D3,17D;;. The van der Waals surface area contributed by atoms with Gasteiger partial charge in [-0.05, 0) is 69.7 Å². The first-order valence-corrected chi connectivity index (χ1v) is 24.7. The topological polar surface area (TPSA) is 38.9 Å². The molecule has 0 saturated heterocycles. The number of benzene rings is 5. The van der Waals surface area contributed by atoms with E-state index in [1.165, 1.54) is 11.4 Å². The SMILES string of the molecule is C[Si](C)(C)c1ccc(-c2[c-]cccc2)nc1.[2H]c1cc([Si](C)(C)C)cc(C([2H])([2H])[2H])c1-c1cc(-c2[c-]ccc3c2oc2cc(-c4ccccc4)ccc23)ncc1C([2H])([2H])[2H].[Ir]. The van der Waals surface area contributed by atoms with E-state index < -0.39 is 29.9 Å². The van der Waals surface area contributed by atoms with Crippen LogP contribution in [0.3, 0.4) is 0 Å². The van der Waals surface area contributed by atoms with Crippen LogP contribution >= 0.6 is 0 Å². The van der Waals surface area contributed by atoms with Crippen molar-refractivity contribution in [3.63, 3.8) is 0 Å². The van der Waals surface area contributed by atoms with Crippen LogP contribution in [-0.4, -0.2) is 26.1 Å². The fourth-order valence-electron chi connectivity index (χ4n) is 6.24. The van der Waals surface area contributed by atoms with Crippen LogP contribution in [0.4, 0.5) is 0 Å².